The Bertz CT molecular complexity index is 436. The lowest BCUT2D eigenvalue weighted by molar-refractivity contribution is 0.112. The summed E-state index contributed by atoms with van der Waals surface area (Å²) in [5.74, 6) is 0.853. The number of ether oxygens (including phenoxy) is 1. The molecule has 1 aliphatic rings. The first-order chi connectivity index (χ1) is 9.19. The smallest absolute Gasteiger partial charge is 0.165 e. The molecule has 2 rings (SSSR count). The number of benzene rings is 1. The van der Waals surface area contributed by atoms with E-state index in [1.807, 2.05) is 0 Å². The van der Waals surface area contributed by atoms with E-state index in [2.05, 4.69) is 12.2 Å². The van der Waals surface area contributed by atoms with E-state index >= 15 is 0 Å². The molecule has 1 N–H and O–H groups in total. The number of aldehydes is 1. The van der Waals surface area contributed by atoms with Gasteiger partial charge in [-0.3, -0.25) is 4.79 Å². The quantitative estimate of drug-likeness (QED) is 0.851. The van der Waals surface area contributed by atoms with Gasteiger partial charge in [-0.1, -0.05) is 6.92 Å². The third kappa shape index (κ3) is 4.03. The van der Waals surface area contributed by atoms with Crippen LogP contribution < -0.4 is 10.1 Å². The number of halogens is 1. The van der Waals surface area contributed by atoms with E-state index in [9.17, 15) is 9.18 Å². The highest BCUT2D eigenvalue weighted by molar-refractivity contribution is 5.74. The highest BCUT2D eigenvalue weighted by Crippen LogP contribution is 2.21. The van der Waals surface area contributed by atoms with Gasteiger partial charge in [-0.2, -0.15) is 0 Å². The maximum Gasteiger partial charge on any atom is 0.165 e. The number of hydrogen-bond donors (Lipinski definition) is 1. The largest absolute Gasteiger partial charge is 0.490 e. The molecular weight excluding hydrogens is 245 g/mol. The van der Waals surface area contributed by atoms with Crippen LogP contribution in [0.2, 0.25) is 0 Å². The summed E-state index contributed by atoms with van der Waals surface area (Å²) in [5.41, 5.74) is 0.329. The Kier molecular flexibility index (Phi) is 4.91. The Morgan fingerprint density at radius 2 is 2.26 bits per heavy atom. The van der Waals surface area contributed by atoms with Crippen LogP contribution in [-0.4, -0.2) is 26.0 Å². The first-order valence-corrected chi connectivity index (χ1v) is 6.77. The summed E-state index contributed by atoms with van der Waals surface area (Å²) in [6.45, 7) is 4.70. The van der Waals surface area contributed by atoms with Gasteiger partial charge in [0.1, 0.15) is 6.29 Å². The molecule has 19 heavy (non-hydrogen) atoms. The molecular formula is C15H20FNO2. The minimum atomic E-state index is -0.473. The molecule has 0 amide bonds. The summed E-state index contributed by atoms with van der Waals surface area (Å²) in [5, 5.41) is 3.40. The van der Waals surface area contributed by atoms with E-state index in [4.69, 9.17) is 4.74 Å². The fourth-order valence-corrected chi connectivity index (χ4v) is 2.32. The number of carbonyl (C=O) groups is 1. The maximum atomic E-state index is 13.6. The van der Waals surface area contributed by atoms with E-state index < -0.39 is 5.82 Å². The molecule has 1 heterocycles. The number of hydrogen-bond acceptors (Lipinski definition) is 3. The lowest BCUT2D eigenvalue weighted by Crippen LogP contribution is -2.26. The van der Waals surface area contributed by atoms with Crippen molar-refractivity contribution in [2.45, 2.75) is 19.8 Å². The minimum absolute atomic E-state index is 0.225. The molecule has 1 aliphatic heterocycles. The van der Waals surface area contributed by atoms with Crippen LogP contribution in [0.5, 0.6) is 5.75 Å². The zero-order valence-electron chi connectivity index (χ0n) is 11.2. The molecule has 1 aromatic carbocycles. The van der Waals surface area contributed by atoms with E-state index in [1.165, 1.54) is 18.6 Å². The van der Waals surface area contributed by atoms with Crippen molar-refractivity contribution in [2.24, 2.45) is 11.8 Å². The van der Waals surface area contributed by atoms with Gasteiger partial charge < -0.3 is 10.1 Å². The molecule has 3 nitrogen and oxygen atoms in total. The second-order valence-electron chi connectivity index (χ2n) is 5.33. The third-order valence-corrected chi connectivity index (χ3v) is 3.56. The summed E-state index contributed by atoms with van der Waals surface area (Å²) in [6.07, 6.45) is 2.90. The van der Waals surface area contributed by atoms with Crippen LogP contribution in [0.25, 0.3) is 0 Å². The Labute approximate surface area is 113 Å². The second kappa shape index (κ2) is 6.66. The molecule has 1 fully saturated rings. The van der Waals surface area contributed by atoms with Crippen molar-refractivity contribution in [1.29, 1.82) is 0 Å². The number of nitrogens with one attached hydrogen (secondary N) is 1. The molecule has 2 atom stereocenters. The molecule has 0 radical (unpaired) electrons. The molecule has 2 unspecified atom stereocenters. The van der Waals surface area contributed by atoms with E-state index in [1.54, 1.807) is 6.07 Å². The Morgan fingerprint density at radius 3 is 3.00 bits per heavy atom. The van der Waals surface area contributed by atoms with Crippen molar-refractivity contribution in [2.75, 3.05) is 19.7 Å². The van der Waals surface area contributed by atoms with E-state index in [0.29, 0.717) is 30.3 Å². The standard InChI is InChI=1S/C15H20FNO2/c1-11-2-3-13(8-17-7-11)10-19-15-5-4-12(9-18)6-14(15)16/h4-6,9,11,13,17H,2-3,7-8,10H2,1H3. The Balaban J connectivity index is 1.89. The van der Waals surface area contributed by atoms with Crippen LogP contribution in [0.1, 0.15) is 30.1 Å². The molecule has 0 saturated carbocycles. The Hall–Kier alpha value is -1.42. The van der Waals surface area contributed by atoms with Gasteiger partial charge in [-0.05, 0) is 43.5 Å². The average molecular weight is 265 g/mol. The van der Waals surface area contributed by atoms with E-state index in [-0.39, 0.29) is 5.75 Å². The van der Waals surface area contributed by atoms with Crippen molar-refractivity contribution in [3.05, 3.63) is 29.6 Å². The zero-order chi connectivity index (χ0) is 13.7. The minimum Gasteiger partial charge on any atom is -0.490 e. The number of rotatable bonds is 4. The first kappa shape index (κ1) is 14.0. The van der Waals surface area contributed by atoms with Crippen molar-refractivity contribution in [3.63, 3.8) is 0 Å². The topological polar surface area (TPSA) is 38.3 Å². The monoisotopic (exact) mass is 265 g/mol. The van der Waals surface area contributed by atoms with Crippen LogP contribution >= 0.6 is 0 Å². The molecule has 0 aromatic heterocycles. The Morgan fingerprint density at radius 1 is 1.42 bits per heavy atom. The fourth-order valence-electron chi connectivity index (χ4n) is 2.32. The molecule has 1 aromatic rings. The van der Waals surface area contributed by atoms with Gasteiger partial charge >= 0.3 is 0 Å². The van der Waals surface area contributed by atoms with Crippen LogP contribution in [0.4, 0.5) is 4.39 Å². The highest BCUT2D eigenvalue weighted by Gasteiger charge is 2.17. The van der Waals surface area contributed by atoms with Crippen LogP contribution in [0.15, 0.2) is 18.2 Å². The molecule has 4 heteroatoms. The average Bonchev–Trinajstić information content (AvgIpc) is 2.62. The van der Waals surface area contributed by atoms with Gasteiger partial charge in [-0.15, -0.1) is 0 Å². The third-order valence-electron chi connectivity index (χ3n) is 3.56. The number of carbonyl (C=O) groups excluding carboxylic acids is 1. The summed E-state index contributed by atoms with van der Waals surface area (Å²) in [7, 11) is 0. The van der Waals surface area contributed by atoms with Crippen LogP contribution in [0.3, 0.4) is 0 Å². The van der Waals surface area contributed by atoms with Crippen molar-refractivity contribution in [3.8, 4) is 5.75 Å². The zero-order valence-corrected chi connectivity index (χ0v) is 11.2. The predicted molar refractivity (Wildman–Crippen MR) is 72.0 cm³/mol. The predicted octanol–water partition coefficient (Wildman–Crippen LogP) is 2.65. The van der Waals surface area contributed by atoms with Gasteiger partial charge in [0, 0.05) is 18.0 Å². The molecule has 1 saturated heterocycles. The van der Waals surface area contributed by atoms with Crippen molar-refractivity contribution >= 4 is 6.29 Å². The summed E-state index contributed by atoms with van der Waals surface area (Å²) >= 11 is 0. The lowest BCUT2D eigenvalue weighted by Gasteiger charge is -2.15. The van der Waals surface area contributed by atoms with Crippen LogP contribution in [0, 0.1) is 17.7 Å². The van der Waals surface area contributed by atoms with Gasteiger partial charge in [0.05, 0.1) is 6.61 Å². The van der Waals surface area contributed by atoms with Gasteiger partial charge in [0.2, 0.25) is 0 Å². The fraction of sp³-hybridized carbons (Fsp3) is 0.533. The maximum absolute atomic E-state index is 13.6. The van der Waals surface area contributed by atoms with Crippen molar-refractivity contribution < 1.29 is 13.9 Å². The summed E-state index contributed by atoms with van der Waals surface area (Å²) in [6, 6.07) is 4.29. The normalized spacial score (nSPS) is 23.7. The SMILES string of the molecule is CC1CCC(COc2ccc(C=O)cc2F)CNC1. The molecule has 0 spiro atoms. The lowest BCUT2D eigenvalue weighted by atomic mass is 10.0. The van der Waals surface area contributed by atoms with Gasteiger partial charge in [0.25, 0.3) is 0 Å². The highest BCUT2D eigenvalue weighted by atomic mass is 19.1. The summed E-state index contributed by atoms with van der Waals surface area (Å²) in [4.78, 5) is 10.5. The molecule has 0 aliphatic carbocycles. The van der Waals surface area contributed by atoms with Crippen LogP contribution in [-0.2, 0) is 0 Å². The summed E-state index contributed by atoms with van der Waals surface area (Å²) < 4.78 is 19.2. The van der Waals surface area contributed by atoms with E-state index in [0.717, 1.165) is 19.5 Å². The first-order valence-electron chi connectivity index (χ1n) is 6.77. The molecule has 0 bridgehead atoms. The second-order valence-corrected chi connectivity index (χ2v) is 5.33. The molecule has 104 valence electrons. The van der Waals surface area contributed by atoms with Gasteiger partial charge in [-0.25, -0.2) is 4.39 Å². The van der Waals surface area contributed by atoms with Gasteiger partial charge in [0.15, 0.2) is 11.6 Å². The van der Waals surface area contributed by atoms with Crippen molar-refractivity contribution in [1.82, 2.24) is 5.32 Å².